The molecule has 1 aliphatic rings. The van der Waals surface area contributed by atoms with E-state index in [1.54, 1.807) is 30.2 Å². The molecule has 2 N–H and O–H groups in total. The van der Waals surface area contributed by atoms with E-state index in [1.807, 2.05) is 0 Å². The summed E-state index contributed by atoms with van der Waals surface area (Å²) in [5.74, 6) is 0.298. The third-order valence-corrected chi connectivity index (χ3v) is 4.51. The molecule has 1 fully saturated rings. The van der Waals surface area contributed by atoms with Gasteiger partial charge in [-0.15, -0.1) is 0 Å². The monoisotopic (exact) mass is 364 g/mol. The molecule has 9 heteroatoms. The molecule has 0 unspecified atom stereocenters. The Kier molecular flexibility index (Phi) is 5.37. The third-order valence-electron chi connectivity index (χ3n) is 4.32. The van der Waals surface area contributed by atoms with Gasteiger partial charge in [-0.2, -0.15) is 10.2 Å². The van der Waals surface area contributed by atoms with Crippen LogP contribution in [-0.2, 0) is 18.4 Å². The first-order valence-electron chi connectivity index (χ1n) is 8.34. The second-order valence-corrected chi connectivity index (χ2v) is 6.62. The van der Waals surface area contributed by atoms with Crippen molar-refractivity contribution in [2.75, 3.05) is 11.9 Å². The van der Waals surface area contributed by atoms with Gasteiger partial charge in [0.15, 0.2) is 5.69 Å². The highest BCUT2D eigenvalue weighted by atomic mass is 35.5. The molecule has 0 bridgehead atoms. The molecule has 0 aliphatic heterocycles. The van der Waals surface area contributed by atoms with Gasteiger partial charge in [-0.3, -0.25) is 19.0 Å². The molecule has 2 aromatic rings. The van der Waals surface area contributed by atoms with Crippen molar-refractivity contribution in [2.45, 2.75) is 32.2 Å². The number of anilines is 1. The van der Waals surface area contributed by atoms with Crippen LogP contribution in [-0.4, -0.2) is 37.9 Å². The van der Waals surface area contributed by atoms with E-state index < -0.39 is 0 Å². The van der Waals surface area contributed by atoms with Crippen molar-refractivity contribution >= 4 is 29.2 Å². The first-order chi connectivity index (χ1) is 12.0. The van der Waals surface area contributed by atoms with Crippen LogP contribution in [0.25, 0.3) is 0 Å². The van der Waals surface area contributed by atoms with Crippen LogP contribution in [0.1, 0.15) is 36.2 Å². The minimum atomic E-state index is -0.296. The summed E-state index contributed by atoms with van der Waals surface area (Å²) in [5.41, 5.74) is 0.266. The van der Waals surface area contributed by atoms with E-state index in [1.165, 1.54) is 4.68 Å². The maximum absolute atomic E-state index is 12.2. The largest absolute Gasteiger partial charge is 0.349 e. The first kappa shape index (κ1) is 17.5. The maximum atomic E-state index is 12.2. The fourth-order valence-corrected chi connectivity index (χ4v) is 3.10. The molecule has 2 heterocycles. The maximum Gasteiger partial charge on any atom is 0.271 e. The van der Waals surface area contributed by atoms with Crippen LogP contribution in [0.15, 0.2) is 18.5 Å². The lowest BCUT2D eigenvalue weighted by atomic mass is 10.1. The zero-order valence-corrected chi connectivity index (χ0v) is 14.8. The van der Waals surface area contributed by atoms with Gasteiger partial charge in [-0.05, 0) is 12.8 Å². The molecule has 0 aromatic carbocycles. The Morgan fingerprint density at radius 2 is 2.12 bits per heavy atom. The number of halogens is 1. The molecule has 0 saturated heterocycles. The molecule has 3 rings (SSSR count). The minimum absolute atomic E-state index is 0.00280. The van der Waals surface area contributed by atoms with Crippen LogP contribution in [0.2, 0.25) is 5.02 Å². The molecule has 25 heavy (non-hydrogen) atoms. The number of amides is 2. The molecule has 1 saturated carbocycles. The average molecular weight is 365 g/mol. The number of hydrogen-bond donors (Lipinski definition) is 2. The van der Waals surface area contributed by atoms with Crippen LogP contribution in [0.4, 0.5) is 5.82 Å². The summed E-state index contributed by atoms with van der Waals surface area (Å²) in [5, 5.41) is 14.4. The molecule has 134 valence electrons. The van der Waals surface area contributed by atoms with Crippen molar-refractivity contribution < 1.29 is 9.59 Å². The second kappa shape index (κ2) is 7.69. The number of nitrogens with one attached hydrogen (secondary N) is 2. The van der Waals surface area contributed by atoms with Crippen molar-refractivity contribution in [1.82, 2.24) is 24.9 Å². The molecular formula is C16H21ClN6O2. The highest BCUT2D eigenvalue weighted by Gasteiger charge is 2.24. The van der Waals surface area contributed by atoms with Gasteiger partial charge in [0.05, 0.1) is 17.8 Å². The lowest BCUT2D eigenvalue weighted by molar-refractivity contribution is -0.119. The molecule has 0 radical (unpaired) electrons. The standard InChI is InChI=1S/C16H21ClN6O2/c1-22-14(20-15(24)11-4-2-3-5-11)8-13(21-22)16(25)18-6-7-23-10-12(17)9-19-23/h8-11H,2-7H2,1H3,(H,18,25)(H,20,24). The zero-order chi connectivity index (χ0) is 17.8. The van der Waals surface area contributed by atoms with E-state index in [-0.39, 0.29) is 23.4 Å². The summed E-state index contributed by atoms with van der Waals surface area (Å²) in [6.07, 6.45) is 7.27. The predicted octanol–water partition coefficient (Wildman–Crippen LogP) is 1.83. The topological polar surface area (TPSA) is 93.8 Å². The molecule has 1 aliphatic carbocycles. The average Bonchev–Trinajstić information content (AvgIpc) is 3.30. The van der Waals surface area contributed by atoms with Crippen LogP contribution in [0.3, 0.4) is 0 Å². The van der Waals surface area contributed by atoms with Crippen molar-refractivity contribution in [3.05, 3.63) is 29.2 Å². The van der Waals surface area contributed by atoms with Crippen molar-refractivity contribution in [3.8, 4) is 0 Å². The molecule has 2 aromatic heterocycles. The third kappa shape index (κ3) is 4.39. The van der Waals surface area contributed by atoms with Crippen molar-refractivity contribution in [1.29, 1.82) is 0 Å². The van der Waals surface area contributed by atoms with Gasteiger partial charge in [-0.25, -0.2) is 0 Å². The van der Waals surface area contributed by atoms with Crippen molar-refractivity contribution in [2.24, 2.45) is 13.0 Å². The predicted molar refractivity (Wildman–Crippen MR) is 93.4 cm³/mol. The summed E-state index contributed by atoms with van der Waals surface area (Å²) in [6.45, 7) is 0.910. The summed E-state index contributed by atoms with van der Waals surface area (Å²) in [6, 6.07) is 1.59. The number of hydrogen-bond acceptors (Lipinski definition) is 4. The number of carbonyl (C=O) groups is 2. The fourth-order valence-electron chi connectivity index (χ4n) is 2.95. The van der Waals surface area contributed by atoms with Gasteiger partial charge >= 0.3 is 0 Å². The quantitative estimate of drug-likeness (QED) is 0.817. The van der Waals surface area contributed by atoms with Crippen molar-refractivity contribution in [3.63, 3.8) is 0 Å². The number of rotatable bonds is 6. The summed E-state index contributed by atoms with van der Waals surface area (Å²) < 4.78 is 3.16. The van der Waals surface area contributed by atoms with E-state index >= 15 is 0 Å². The van der Waals surface area contributed by atoms with Gasteiger partial charge in [0.1, 0.15) is 5.82 Å². The molecule has 0 spiro atoms. The fraction of sp³-hybridized carbons (Fsp3) is 0.500. The summed E-state index contributed by atoms with van der Waals surface area (Å²) in [4.78, 5) is 24.4. The molecule has 2 amide bonds. The van der Waals surface area contributed by atoms with Gasteiger partial charge < -0.3 is 10.6 Å². The van der Waals surface area contributed by atoms with Gasteiger partial charge in [-0.1, -0.05) is 24.4 Å². The molecular weight excluding hydrogens is 344 g/mol. The summed E-state index contributed by atoms with van der Waals surface area (Å²) >= 11 is 5.79. The second-order valence-electron chi connectivity index (χ2n) is 6.19. The van der Waals surface area contributed by atoms with E-state index in [2.05, 4.69) is 20.8 Å². The Morgan fingerprint density at radius 3 is 2.80 bits per heavy atom. The van der Waals surface area contributed by atoms with Gasteiger partial charge in [0.2, 0.25) is 5.91 Å². The lowest BCUT2D eigenvalue weighted by Crippen LogP contribution is -2.27. The minimum Gasteiger partial charge on any atom is -0.349 e. The summed E-state index contributed by atoms with van der Waals surface area (Å²) in [7, 11) is 1.70. The van der Waals surface area contributed by atoms with E-state index in [0.29, 0.717) is 23.9 Å². The highest BCUT2D eigenvalue weighted by molar-refractivity contribution is 6.30. The van der Waals surface area contributed by atoms with Gasteiger partial charge in [0, 0.05) is 31.8 Å². The van der Waals surface area contributed by atoms with Crippen LogP contribution in [0.5, 0.6) is 0 Å². The molecule has 0 atom stereocenters. The Bertz CT molecular complexity index is 763. The Balaban J connectivity index is 1.53. The normalized spacial score (nSPS) is 14.6. The number of aryl methyl sites for hydroxylation is 1. The highest BCUT2D eigenvalue weighted by Crippen LogP contribution is 2.26. The first-order valence-corrected chi connectivity index (χ1v) is 8.72. The Hall–Kier alpha value is -2.35. The van der Waals surface area contributed by atoms with E-state index in [4.69, 9.17) is 11.6 Å². The number of aromatic nitrogens is 4. The number of carbonyl (C=O) groups excluding carboxylic acids is 2. The van der Waals surface area contributed by atoms with E-state index in [0.717, 1.165) is 25.7 Å². The molecule has 8 nitrogen and oxygen atoms in total. The van der Waals surface area contributed by atoms with Gasteiger partial charge in [0.25, 0.3) is 5.91 Å². The SMILES string of the molecule is Cn1nc(C(=O)NCCn2cc(Cl)cn2)cc1NC(=O)C1CCCC1. The van der Waals surface area contributed by atoms with Crippen LogP contribution in [0, 0.1) is 5.92 Å². The Morgan fingerprint density at radius 1 is 1.36 bits per heavy atom. The lowest BCUT2D eigenvalue weighted by Gasteiger charge is -2.09. The van der Waals surface area contributed by atoms with Crippen LogP contribution >= 0.6 is 11.6 Å². The zero-order valence-electron chi connectivity index (χ0n) is 14.0. The number of nitrogens with zero attached hydrogens (tertiary/aromatic N) is 4. The van der Waals surface area contributed by atoms with Crippen LogP contribution < -0.4 is 10.6 Å². The Labute approximate surface area is 150 Å². The van der Waals surface area contributed by atoms with E-state index in [9.17, 15) is 9.59 Å². The smallest absolute Gasteiger partial charge is 0.271 e.